The molecule has 6 nitrogen and oxygen atoms in total. The Bertz CT molecular complexity index is 1140. The number of hydrogen-bond donors (Lipinski definition) is 2. The Morgan fingerprint density at radius 2 is 1.75 bits per heavy atom. The van der Waals surface area contributed by atoms with E-state index in [1.165, 1.54) is 6.33 Å². The van der Waals surface area contributed by atoms with Gasteiger partial charge in [-0.05, 0) is 36.1 Å². The van der Waals surface area contributed by atoms with Crippen LogP contribution in [-0.2, 0) is 0 Å². The monoisotopic (exact) mass is 372 g/mol. The topological polar surface area (TPSA) is 82.3 Å². The number of rotatable bonds is 5. The summed E-state index contributed by atoms with van der Waals surface area (Å²) in [5.41, 5.74) is 8.47. The van der Waals surface area contributed by atoms with Crippen molar-refractivity contribution in [3.05, 3.63) is 72.6 Å². The Balaban J connectivity index is 1.68. The molecule has 0 aliphatic rings. The van der Waals surface area contributed by atoms with Crippen molar-refractivity contribution < 1.29 is 9.47 Å². The predicted molar refractivity (Wildman–Crippen MR) is 111 cm³/mol. The molecule has 1 heterocycles. The largest absolute Gasteiger partial charge is 0.495 e. The second-order valence-corrected chi connectivity index (χ2v) is 6.35. The van der Waals surface area contributed by atoms with Crippen LogP contribution in [0.2, 0.25) is 0 Å². The number of anilines is 3. The number of methoxy groups -OCH3 is 1. The Hall–Kier alpha value is -3.80. The first-order valence-corrected chi connectivity index (χ1v) is 8.83. The first kappa shape index (κ1) is 17.6. The SMILES string of the molecule is COc1ccc(C)cc1Nc1ncnc(Oc2cccc3ccccc23)c1N. The molecule has 3 aromatic carbocycles. The first-order chi connectivity index (χ1) is 13.7. The fraction of sp³-hybridized carbons (Fsp3) is 0.0909. The van der Waals surface area contributed by atoms with Crippen molar-refractivity contribution in [2.75, 3.05) is 18.2 Å². The summed E-state index contributed by atoms with van der Waals surface area (Å²) < 4.78 is 11.4. The van der Waals surface area contributed by atoms with Crippen LogP contribution in [0.3, 0.4) is 0 Å². The normalized spacial score (nSPS) is 10.6. The third kappa shape index (κ3) is 3.40. The number of ether oxygens (including phenoxy) is 2. The summed E-state index contributed by atoms with van der Waals surface area (Å²) in [7, 11) is 1.62. The van der Waals surface area contributed by atoms with Gasteiger partial charge in [0.1, 0.15) is 23.5 Å². The molecule has 28 heavy (non-hydrogen) atoms. The average molecular weight is 372 g/mol. The van der Waals surface area contributed by atoms with Crippen molar-refractivity contribution in [1.29, 1.82) is 0 Å². The molecule has 0 aliphatic heterocycles. The standard InChI is InChI=1S/C22H20N4O2/c1-14-10-11-19(27-2)17(12-14)26-21-20(23)22(25-13-24-21)28-18-9-5-7-15-6-3-4-8-16(15)18/h3-13H,23H2,1-2H3,(H,24,25,26). The minimum absolute atomic E-state index is 0.292. The summed E-state index contributed by atoms with van der Waals surface area (Å²) in [5, 5.41) is 5.28. The highest BCUT2D eigenvalue weighted by Crippen LogP contribution is 2.36. The number of hydrogen-bond acceptors (Lipinski definition) is 6. The predicted octanol–water partition coefficient (Wildman–Crippen LogP) is 5.06. The van der Waals surface area contributed by atoms with Crippen LogP contribution in [-0.4, -0.2) is 17.1 Å². The van der Waals surface area contributed by atoms with E-state index in [-0.39, 0.29) is 0 Å². The molecule has 4 aromatic rings. The molecule has 0 fully saturated rings. The molecule has 0 saturated carbocycles. The third-order valence-corrected chi connectivity index (χ3v) is 4.41. The van der Waals surface area contributed by atoms with Crippen LogP contribution in [0.25, 0.3) is 10.8 Å². The lowest BCUT2D eigenvalue weighted by atomic mass is 10.1. The maximum Gasteiger partial charge on any atom is 0.248 e. The van der Waals surface area contributed by atoms with E-state index >= 15 is 0 Å². The van der Waals surface area contributed by atoms with Gasteiger partial charge in [-0.25, -0.2) is 4.98 Å². The maximum absolute atomic E-state index is 6.30. The van der Waals surface area contributed by atoms with Crippen LogP contribution < -0.4 is 20.5 Å². The quantitative estimate of drug-likeness (QED) is 0.509. The van der Waals surface area contributed by atoms with Crippen LogP contribution in [0.1, 0.15) is 5.56 Å². The Kier molecular flexibility index (Phi) is 4.68. The van der Waals surface area contributed by atoms with Crippen LogP contribution in [0.5, 0.6) is 17.4 Å². The second kappa shape index (κ2) is 7.44. The summed E-state index contributed by atoms with van der Waals surface area (Å²) in [4.78, 5) is 8.47. The number of benzene rings is 3. The smallest absolute Gasteiger partial charge is 0.248 e. The molecule has 0 radical (unpaired) electrons. The lowest BCUT2D eigenvalue weighted by Crippen LogP contribution is -2.04. The molecular weight excluding hydrogens is 352 g/mol. The first-order valence-electron chi connectivity index (χ1n) is 8.83. The van der Waals surface area contributed by atoms with Crippen molar-refractivity contribution in [3.8, 4) is 17.4 Å². The number of fused-ring (bicyclic) bond motifs is 1. The fourth-order valence-electron chi connectivity index (χ4n) is 3.00. The molecule has 0 unspecified atom stereocenters. The van der Waals surface area contributed by atoms with E-state index in [1.54, 1.807) is 7.11 Å². The fourth-order valence-corrected chi connectivity index (χ4v) is 3.00. The van der Waals surface area contributed by atoms with E-state index in [4.69, 9.17) is 15.2 Å². The zero-order chi connectivity index (χ0) is 19.5. The van der Waals surface area contributed by atoms with Gasteiger partial charge in [-0.15, -0.1) is 0 Å². The van der Waals surface area contributed by atoms with Crippen molar-refractivity contribution in [3.63, 3.8) is 0 Å². The zero-order valence-electron chi connectivity index (χ0n) is 15.6. The molecule has 0 spiro atoms. The molecule has 1 aromatic heterocycles. The summed E-state index contributed by atoms with van der Waals surface area (Å²) in [6.07, 6.45) is 1.42. The van der Waals surface area contributed by atoms with E-state index in [0.717, 1.165) is 22.0 Å². The van der Waals surface area contributed by atoms with Gasteiger partial charge in [0.25, 0.3) is 0 Å². The van der Waals surface area contributed by atoms with Crippen molar-refractivity contribution in [2.24, 2.45) is 0 Å². The molecule has 3 N–H and O–H groups in total. The number of aromatic nitrogens is 2. The lowest BCUT2D eigenvalue weighted by molar-refractivity contribution is 0.416. The number of nitrogens with one attached hydrogen (secondary N) is 1. The highest BCUT2D eigenvalue weighted by Gasteiger charge is 2.14. The van der Waals surface area contributed by atoms with Gasteiger partial charge in [0, 0.05) is 5.39 Å². The third-order valence-electron chi connectivity index (χ3n) is 4.41. The molecule has 140 valence electrons. The molecule has 6 heteroatoms. The van der Waals surface area contributed by atoms with Gasteiger partial charge < -0.3 is 20.5 Å². The summed E-state index contributed by atoms with van der Waals surface area (Å²) in [6.45, 7) is 2.00. The van der Waals surface area contributed by atoms with Gasteiger partial charge in [0.2, 0.25) is 5.88 Å². The average Bonchev–Trinajstić information content (AvgIpc) is 2.71. The highest BCUT2D eigenvalue weighted by molar-refractivity contribution is 5.88. The van der Waals surface area contributed by atoms with Gasteiger partial charge in [-0.1, -0.05) is 42.5 Å². The van der Waals surface area contributed by atoms with E-state index in [0.29, 0.717) is 28.9 Å². The molecular formula is C22H20N4O2. The minimum atomic E-state index is 0.292. The molecule has 0 aliphatic carbocycles. The maximum atomic E-state index is 6.30. The molecule has 0 amide bonds. The van der Waals surface area contributed by atoms with Gasteiger partial charge in [0.15, 0.2) is 5.82 Å². The molecule has 0 bridgehead atoms. The number of nitrogen functional groups attached to an aromatic ring is 1. The van der Waals surface area contributed by atoms with Crippen molar-refractivity contribution in [2.45, 2.75) is 6.92 Å². The van der Waals surface area contributed by atoms with Gasteiger partial charge in [0.05, 0.1) is 12.8 Å². The van der Waals surface area contributed by atoms with Crippen molar-refractivity contribution >= 4 is 28.0 Å². The van der Waals surface area contributed by atoms with Crippen LogP contribution in [0, 0.1) is 6.92 Å². The molecule has 0 atom stereocenters. The Morgan fingerprint density at radius 3 is 2.61 bits per heavy atom. The lowest BCUT2D eigenvalue weighted by Gasteiger charge is -2.15. The number of aryl methyl sites for hydroxylation is 1. The number of nitrogens with two attached hydrogens (primary N) is 1. The minimum Gasteiger partial charge on any atom is -0.495 e. The Labute approximate surface area is 163 Å². The summed E-state index contributed by atoms with van der Waals surface area (Å²) in [5.74, 6) is 2.12. The van der Waals surface area contributed by atoms with Crippen molar-refractivity contribution in [1.82, 2.24) is 9.97 Å². The van der Waals surface area contributed by atoms with Gasteiger partial charge in [-0.2, -0.15) is 4.98 Å². The van der Waals surface area contributed by atoms with Crippen LogP contribution >= 0.6 is 0 Å². The van der Waals surface area contributed by atoms with E-state index in [2.05, 4.69) is 15.3 Å². The number of nitrogens with zero attached hydrogens (tertiary/aromatic N) is 2. The molecule has 0 saturated heterocycles. The zero-order valence-corrected chi connectivity index (χ0v) is 15.6. The second-order valence-electron chi connectivity index (χ2n) is 6.35. The van der Waals surface area contributed by atoms with Crippen LogP contribution in [0.4, 0.5) is 17.2 Å². The summed E-state index contributed by atoms with van der Waals surface area (Å²) >= 11 is 0. The van der Waals surface area contributed by atoms with E-state index < -0.39 is 0 Å². The van der Waals surface area contributed by atoms with Gasteiger partial charge >= 0.3 is 0 Å². The Morgan fingerprint density at radius 1 is 0.929 bits per heavy atom. The van der Waals surface area contributed by atoms with E-state index in [9.17, 15) is 0 Å². The summed E-state index contributed by atoms with van der Waals surface area (Å²) in [6, 6.07) is 19.7. The van der Waals surface area contributed by atoms with Gasteiger partial charge in [-0.3, -0.25) is 0 Å². The van der Waals surface area contributed by atoms with Crippen LogP contribution in [0.15, 0.2) is 67.0 Å². The molecule has 4 rings (SSSR count). The van der Waals surface area contributed by atoms with E-state index in [1.807, 2.05) is 67.6 Å². The highest BCUT2D eigenvalue weighted by atomic mass is 16.5.